The maximum Gasteiger partial charge on any atom is 0.226 e. The third kappa shape index (κ3) is 6.78. The molecule has 0 aliphatic carbocycles. The lowest BCUT2D eigenvalue weighted by molar-refractivity contribution is -0.134. The summed E-state index contributed by atoms with van der Waals surface area (Å²) in [6.07, 6.45) is 3.41. The van der Waals surface area contributed by atoms with E-state index in [1.54, 1.807) is 0 Å². The van der Waals surface area contributed by atoms with Crippen LogP contribution in [-0.2, 0) is 9.53 Å². The zero-order valence-corrected chi connectivity index (χ0v) is 17.1. The van der Waals surface area contributed by atoms with Crippen LogP contribution in [0.4, 0.5) is 0 Å². The van der Waals surface area contributed by atoms with Crippen LogP contribution in [-0.4, -0.2) is 49.8 Å². The molecule has 148 valence electrons. The minimum atomic E-state index is 0. The van der Waals surface area contributed by atoms with Crippen molar-refractivity contribution < 1.29 is 14.3 Å². The first-order valence-electron chi connectivity index (χ1n) is 9.31. The molecule has 5 nitrogen and oxygen atoms in total. The summed E-state index contributed by atoms with van der Waals surface area (Å²) in [7, 11) is 0. The van der Waals surface area contributed by atoms with Gasteiger partial charge in [0.25, 0.3) is 0 Å². The van der Waals surface area contributed by atoms with Gasteiger partial charge in [-0.3, -0.25) is 4.79 Å². The fourth-order valence-corrected chi connectivity index (χ4v) is 3.16. The molecule has 1 fully saturated rings. The molecule has 0 bridgehead atoms. The Balaban J connectivity index is 0.00000338. The van der Waals surface area contributed by atoms with Crippen molar-refractivity contribution in [2.45, 2.75) is 52.6 Å². The number of carbonyl (C=O) groups is 1. The lowest BCUT2D eigenvalue weighted by atomic mass is 10.1. The number of hydrogen-bond acceptors (Lipinski definition) is 4. The Morgan fingerprint density at radius 2 is 1.88 bits per heavy atom. The van der Waals surface area contributed by atoms with Crippen molar-refractivity contribution in [1.29, 1.82) is 0 Å². The number of halogens is 1. The third-order valence-corrected chi connectivity index (χ3v) is 4.83. The first-order chi connectivity index (χ1) is 12.0. The summed E-state index contributed by atoms with van der Waals surface area (Å²) in [6, 6.07) is 4.18. The van der Waals surface area contributed by atoms with Crippen LogP contribution in [0.1, 0.15) is 42.4 Å². The van der Waals surface area contributed by atoms with Gasteiger partial charge in [0.05, 0.1) is 19.1 Å². The summed E-state index contributed by atoms with van der Waals surface area (Å²) in [5.74, 6) is 1.06. The van der Waals surface area contributed by atoms with Crippen LogP contribution >= 0.6 is 12.4 Å². The maximum atomic E-state index is 12.4. The van der Waals surface area contributed by atoms with Crippen molar-refractivity contribution in [1.82, 2.24) is 4.90 Å². The number of aryl methyl sites for hydroxylation is 2. The molecule has 1 aliphatic heterocycles. The lowest BCUT2D eigenvalue weighted by Gasteiger charge is -2.32. The van der Waals surface area contributed by atoms with Crippen molar-refractivity contribution in [2.75, 3.05) is 32.8 Å². The first-order valence-corrected chi connectivity index (χ1v) is 9.31. The van der Waals surface area contributed by atoms with Crippen LogP contribution in [0.3, 0.4) is 0 Å². The SMILES string of the molecule is Cc1cc(C)c(C)c(OCCC(=O)N2CCC(OCCCN)CC2)c1.Cl. The maximum absolute atomic E-state index is 12.4. The molecule has 2 rings (SSSR count). The topological polar surface area (TPSA) is 64.8 Å². The molecule has 6 heteroatoms. The van der Waals surface area contributed by atoms with Gasteiger partial charge in [-0.2, -0.15) is 0 Å². The molecule has 0 aromatic heterocycles. The summed E-state index contributed by atoms with van der Waals surface area (Å²) in [5.41, 5.74) is 9.02. The second-order valence-corrected chi connectivity index (χ2v) is 6.90. The quantitative estimate of drug-likeness (QED) is 0.699. The number of amides is 1. The van der Waals surface area contributed by atoms with Crippen LogP contribution < -0.4 is 10.5 Å². The van der Waals surface area contributed by atoms with Gasteiger partial charge in [-0.15, -0.1) is 12.4 Å². The molecule has 0 spiro atoms. The number of ether oxygens (including phenoxy) is 2. The van der Waals surface area contributed by atoms with Crippen LogP contribution in [0.5, 0.6) is 5.75 Å². The molecule has 1 aliphatic rings. The standard InChI is InChI=1S/C20H32N2O3.ClH/c1-15-13-16(2)17(3)19(14-15)25-12-7-20(23)22-9-5-18(6-10-22)24-11-4-8-21;/h13-14,18H,4-12,21H2,1-3H3;1H. The van der Waals surface area contributed by atoms with E-state index >= 15 is 0 Å². The Labute approximate surface area is 163 Å². The van der Waals surface area contributed by atoms with Crippen LogP contribution in [0.25, 0.3) is 0 Å². The Morgan fingerprint density at radius 1 is 1.19 bits per heavy atom. The van der Waals surface area contributed by atoms with Gasteiger partial charge in [-0.25, -0.2) is 0 Å². The Morgan fingerprint density at radius 3 is 2.54 bits per heavy atom. The third-order valence-electron chi connectivity index (χ3n) is 4.83. The van der Waals surface area contributed by atoms with Crippen LogP contribution in [0.15, 0.2) is 12.1 Å². The highest BCUT2D eigenvalue weighted by atomic mass is 35.5. The molecule has 1 heterocycles. The van der Waals surface area contributed by atoms with Crippen LogP contribution in [0, 0.1) is 20.8 Å². The molecule has 1 saturated heterocycles. The van der Waals surface area contributed by atoms with Crippen molar-refractivity contribution >= 4 is 18.3 Å². The number of nitrogens with two attached hydrogens (primary N) is 1. The summed E-state index contributed by atoms with van der Waals surface area (Å²) in [6.45, 7) is 9.56. The number of nitrogens with zero attached hydrogens (tertiary/aromatic N) is 1. The van der Waals surface area contributed by atoms with E-state index in [-0.39, 0.29) is 24.4 Å². The van der Waals surface area contributed by atoms with Gasteiger partial charge in [0.15, 0.2) is 0 Å². The molecule has 1 amide bonds. The van der Waals surface area contributed by atoms with Crippen molar-refractivity contribution in [3.8, 4) is 5.75 Å². The van der Waals surface area contributed by atoms with E-state index < -0.39 is 0 Å². The van der Waals surface area contributed by atoms with E-state index in [9.17, 15) is 4.79 Å². The Hall–Kier alpha value is -1.30. The van der Waals surface area contributed by atoms with Gasteiger partial charge < -0.3 is 20.1 Å². The van der Waals surface area contributed by atoms with Gasteiger partial charge in [-0.1, -0.05) is 6.07 Å². The van der Waals surface area contributed by atoms with Crippen molar-refractivity contribution in [3.63, 3.8) is 0 Å². The zero-order valence-electron chi connectivity index (χ0n) is 16.3. The van der Waals surface area contributed by atoms with Gasteiger partial charge in [0.1, 0.15) is 5.75 Å². The van der Waals surface area contributed by atoms with E-state index in [0.717, 1.165) is 50.3 Å². The summed E-state index contributed by atoms with van der Waals surface area (Å²) in [5, 5.41) is 0. The van der Waals surface area contributed by atoms with E-state index in [0.29, 0.717) is 19.6 Å². The van der Waals surface area contributed by atoms with E-state index in [2.05, 4.69) is 26.8 Å². The molecular weight excluding hydrogens is 352 g/mol. The number of piperidine rings is 1. The Bertz CT molecular complexity index is 572. The van der Waals surface area contributed by atoms with Gasteiger partial charge >= 0.3 is 0 Å². The van der Waals surface area contributed by atoms with Gasteiger partial charge in [0.2, 0.25) is 5.91 Å². The highest BCUT2D eigenvalue weighted by molar-refractivity contribution is 5.85. The van der Waals surface area contributed by atoms with Gasteiger partial charge in [-0.05, 0) is 69.3 Å². The highest BCUT2D eigenvalue weighted by Crippen LogP contribution is 2.23. The molecule has 0 atom stereocenters. The molecule has 1 aromatic carbocycles. The molecule has 0 radical (unpaired) electrons. The van der Waals surface area contributed by atoms with E-state index in [1.807, 2.05) is 11.0 Å². The average Bonchev–Trinajstić information content (AvgIpc) is 2.59. The predicted molar refractivity (Wildman–Crippen MR) is 107 cm³/mol. The summed E-state index contributed by atoms with van der Waals surface area (Å²) >= 11 is 0. The number of likely N-dealkylation sites (tertiary alicyclic amines) is 1. The van der Waals surface area contributed by atoms with E-state index in [4.69, 9.17) is 15.2 Å². The van der Waals surface area contributed by atoms with Gasteiger partial charge in [0, 0.05) is 19.7 Å². The average molecular weight is 385 g/mol. The largest absolute Gasteiger partial charge is 0.493 e. The second-order valence-electron chi connectivity index (χ2n) is 6.90. The fraction of sp³-hybridized carbons (Fsp3) is 0.650. The fourth-order valence-electron chi connectivity index (χ4n) is 3.16. The second kappa shape index (κ2) is 11.4. The minimum Gasteiger partial charge on any atom is -0.493 e. The monoisotopic (exact) mass is 384 g/mol. The number of benzene rings is 1. The summed E-state index contributed by atoms with van der Waals surface area (Å²) in [4.78, 5) is 14.3. The predicted octanol–water partition coefficient (Wildman–Crippen LogP) is 3.16. The van der Waals surface area contributed by atoms with Crippen molar-refractivity contribution in [3.05, 3.63) is 28.8 Å². The molecule has 0 saturated carbocycles. The number of hydrogen-bond donors (Lipinski definition) is 1. The molecule has 0 unspecified atom stereocenters. The molecule has 1 aromatic rings. The minimum absolute atomic E-state index is 0. The molecular formula is C20H33ClN2O3. The van der Waals surface area contributed by atoms with Crippen LogP contribution in [0.2, 0.25) is 0 Å². The van der Waals surface area contributed by atoms with Crippen molar-refractivity contribution in [2.24, 2.45) is 5.73 Å². The lowest BCUT2D eigenvalue weighted by Crippen LogP contribution is -2.41. The first kappa shape index (κ1) is 22.7. The Kier molecular flexibility index (Phi) is 9.99. The highest BCUT2D eigenvalue weighted by Gasteiger charge is 2.23. The molecule has 26 heavy (non-hydrogen) atoms. The molecule has 2 N–H and O–H groups in total. The smallest absolute Gasteiger partial charge is 0.226 e. The normalized spacial score (nSPS) is 14.8. The summed E-state index contributed by atoms with van der Waals surface area (Å²) < 4.78 is 11.6. The zero-order chi connectivity index (χ0) is 18.2. The number of rotatable bonds is 8. The van der Waals surface area contributed by atoms with E-state index in [1.165, 1.54) is 11.1 Å². The number of carbonyl (C=O) groups excluding carboxylic acids is 1.